The SMILES string of the molecule is C=CCC1=CC(CC=C)(CC=C)NC2=CCC(=O)C=C12. The van der Waals surface area contributed by atoms with Crippen LogP contribution in [0.4, 0.5) is 0 Å². The maximum absolute atomic E-state index is 11.6. The minimum atomic E-state index is -0.189. The van der Waals surface area contributed by atoms with E-state index in [0.29, 0.717) is 6.42 Å². The summed E-state index contributed by atoms with van der Waals surface area (Å²) < 4.78 is 0. The first kappa shape index (κ1) is 14.3. The molecule has 0 fully saturated rings. The molecule has 0 bridgehead atoms. The van der Waals surface area contributed by atoms with Crippen LogP contribution in [0.25, 0.3) is 0 Å². The van der Waals surface area contributed by atoms with Crippen LogP contribution >= 0.6 is 0 Å². The molecule has 2 heteroatoms. The van der Waals surface area contributed by atoms with E-state index in [1.165, 1.54) is 0 Å². The van der Waals surface area contributed by atoms with Gasteiger partial charge in [0.05, 0.1) is 5.54 Å². The molecule has 0 spiro atoms. The summed E-state index contributed by atoms with van der Waals surface area (Å²) >= 11 is 0. The Hall–Kier alpha value is -2.09. The largest absolute Gasteiger partial charge is 0.375 e. The monoisotopic (exact) mass is 267 g/mol. The van der Waals surface area contributed by atoms with Gasteiger partial charge in [0, 0.05) is 17.7 Å². The maximum Gasteiger partial charge on any atom is 0.160 e. The van der Waals surface area contributed by atoms with Crippen molar-refractivity contribution >= 4 is 5.78 Å². The van der Waals surface area contributed by atoms with Crippen LogP contribution in [0.2, 0.25) is 0 Å². The molecule has 2 rings (SSSR count). The Balaban J connectivity index is 2.50. The van der Waals surface area contributed by atoms with E-state index in [1.807, 2.05) is 24.3 Å². The molecule has 104 valence electrons. The fourth-order valence-electron chi connectivity index (χ4n) is 2.85. The lowest BCUT2D eigenvalue weighted by molar-refractivity contribution is -0.114. The topological polar surface area (TPSA) is 29.1 Å². The van der Waals surface area contributed by atoms with Crippen LogP contribution in [0, 0.1) is 0 Å². The number of nitrogens with one attached hydrogen (secondary N) is 1. The van der Waals surface area contributed by atoms with Crippen LogP contribution in [0.5, 0.6) is 0 Å². The van der Waals surface area contributed by atoms with Crippen molar-refractivity contribution in [2.45, 2.75) is 31.2 Å². The van der Waals surface area contributed by atoms with Gasteiger partial charge in [-0.25, -0.2) is 0 Å². The molecular formula is C18H21NO. The van der Waals surface area contributed by atoms with Crippen molar-refractivity contribution in [3.63, 3.8) is 0 Å². The highest BCUT2D eigenvalue weighted by Gasteiger charge is 2.33. The fourth-order valence-corrected chi connectivity index (χ4v) is 2.85. The number of hydrogen-bond donors (Lipinski definition) is 1. The standard InChI is InChI=1S/C18H21NO/c1-4-7-14-13-18(10-5-2,11-6-3)19-17-9-8-15(20)12-16(14)17/h4-6,9,12-13,19H,1-3,7-8,10-11H2. The molecule has 0 radical (unpaired) electrons. The lowest BCUT2D eigenvalue weighted by Gasteiger charge is -2.39. The molecule has 1 aliphatic heterocycles. The van der Waals surface area contributed by atoms with Crippen LogP contribution in [0.3, 0.4) is 0 Å². The first-order chi connectivity index (χ1) is 9.64. The van der Waals surface area contributed by atoms with Gasteiger partial charge < -0.3 is 5.32 Å². The summed E-state index contributed by atoms with van der Waals surface area (Å²) in [6.45, 7) is 11.5. The summed E-state index contributed by atoms with van der Waals surface area (Å²) in [6.07, 6.45) is 14.5. The Morgan fingerprint density at radius 1 is 1.20 bits per heavy atom. The Kier molecular flexibility index (Phi) is 4.23. The lowest BCUT2D eigenvalue weighted by Crippen LogP contribution is -2.46. The van der Waals surface area contributed by atoms with E-state index in [4.69, 9.17) is 0 Å². The molecule has 2 nitrogen and oxygen atoms in total. The van der Waals surface area contributed by atoms with Crippen molar-refractivity contribution in [1.29, 1.82) is 0 Å². The normalized spacial score (nSPS) is 19.8. The Morgan fingerprint density at radius 3 is 2.50 bits per heavy atom. The van der Waals surface area contributed by atoms with Gasteiger partial charge in [0.15, 0.2) is 5.78 Å². The zero-order chi connectivity index (χ0) is 14.6. The van der Waals surface area contributed by atoms with E-state index in [2.05, 4.69) is 31.1 Å². The van der Waals surface area contributed by atoms with E-state index >= 15 is 0 Å². The van der Waals surface area contributed by atoms with E-state index in [1.54, 1.807) is 6.08 Å². The molecule has 2 aliphatic rings. The summed E-state index contributed by atoms with van der Waals surface area (Å²) in [5.74, 6) is 0.153. The molecule has 0 saturated carbocycles. The van der Waals surface area contributed by atoms with E-state index < -0.39 is 0 Å². The van der Waals surface area contributed by atoms with Crippen LogP contribution < -0.4 is 5.32 Å². The molecule has 20 heavy (non-hydrogen) atoms. The van der Waals surface area contributed by atoms with Crippen molar-refractivity contribution < 1.29 is 4.79 Å². The van der Waals surface area contributed by atoms with Gasteiger partial charge in [-0.1, -0.05) is 30.4 Å². The van der Waals surface area contributed by atoms with Crippen molar-refractivity contribution in [3.8, 4) is 0 Å². The van der Waals surface area contributed by atoms with E-state index in [0.717, 1.165) is 36.1 Å². The van der Waals surface area contributed by atoms with Crippen molar-refractivity contribution in [3.05, 3.63) is 73.0 Å². The molecule has 0 aromatic carbocycles. The maximum atomic E-state index is 11.6. The van der Waals surface area contributed by atoms with E-state index in [9.17, 15) is 4.79 Å². The number of carbonyl (C=O) groups is 1. The fraction of sp³-hybridized carbons (Fsp3) is 0.278. The third-order valence-electron chi connectivity index (χ3n) is 3.66. The van der Waals surface area contributed by atoms with Crippen molar-refractivity contribution in [1.82, 2.24) is 5.32 Å². The van der Waals surface area contributed by atoms with Gasteiger partial charge in [-0.3, -0.25) is 4.79 Å². The number of rotatable bonds is 6. The second kappa shape index (κ2) is 5.91. The predicted molar refractivity (Wildman–Crippen MR) is 84.2 cm³/mol. The number of fused-ring (bicyclic) bond motifs is 1. The zero-order valence-corrected chi connectivity index (χ0v) is 11.8. The van der Waals surface area contributed by atoms with Crippen LogP contribution in [0.1, 0.15) is 25.7 Å². The quantitative estimate of drug-likeness (QED) is 0.742. The first-order valence-corrected chi connectivity index (χ1v) is 6.92. The minimum absolute atomic E-state index is 0.153. The Morgan fingerprint density at radius 2 is 1.90 bits per heavy atom. The summed E-state index contributed by atoms with van der Waals surface area (Å²) in [7, 11) is 0. The lowest BCUT2D eigenvalue weighted by atomic mass is 9.79. The summed E-state index contributed by atoms with van der Waals surface area (Å²) in [6, 6.07) is 0. The van der Waals surface area contributed by atoms with Gasteiger partial charge in [0.2, 0.25) is 0 Å². The molecule has 1 N–H and O–H groups in total. The number of allylic oxidation sites excluding steroid dienone is 4. The molecule has 1 heterocycles. The number of carbonyl (C=O) groups excluding carboxylic acids is 1. The number of hydrogen-bond acceptors (Lipinski definition) is 2. The molecule has 0 unspecified atom stereocenters. The molecule has 0 aromatic heterocycles. The molecular weight excluding hydrogens is 246 g/mol. The van der Waals surface area contributed by atoms with Gasteiger partial charge in [-0.05, 0) is 30.9 Å². The third kappa shape index (κ3) is 2.74. The molecule has 0 aromatic rings. The second-order valence-electron chi connectivity index (χ2n) is 5.28. The van der Waals surface area contributed by atoms with Gasteiger partial charge >= 0.3 is 0 Å². The minimum Gasteiger partial charge on any atom is -0.375 e. The second-order valence-corrected chi connectivity index (χ2v) is 5.28. The van der Waals surface area contributed by atoms with Crippen molar-refractivity contribution in [2.75, 3.05) is 0 Å². The highest BCUT2D eigenvalue weighted by molar-refractivity contribution is 5.95. The Labute approximate surface area is 121 Å². The van der Waals surface area contributed by atoms with Gasteiger partial charge in [0.25, 0.3) is 0 Å². The molecule has 0 atom stereocenters. The molecule has 0 saturated heterocycles. The summed E-state index contributed by atoms with van der Waals surface area (Å²) in [4.78, 5) is 11.6. The summed E-state index contributed by atoms with van der Waals surface area (Å²) in [5.41, 5.74) is 3.02. The highest BCUT2D eigenvalue weighted by Crippen LogP contribution is 2.36. The highest BCUT2D eigenvalue weighted by atomic mass is 16.1. The molecule has 0 amide bonds. The van der Waals surface area contributed by atoms with Gasteiger partial charge in [-0.15, -0.1) is 19.7 Å². The van der Waals surface area contributed by atoms with Crippen molar-refractivity contribution in [2.24, 2.45) is 0 Å². The van der Waals surface area contributed by atoms with Crippen LogP contribution in [-0.2, 0) is 4.79 Å². The predicted octanol–water partition coefficient (Wildman–Crippen LogP) is 3.77. The first-order valence-electron chi connectivity index (χ1n) is 6.92. The zero-order valence-electron chi connectivity index (χ0n) is 11.8. The molecule has 1 aliphatic carbocycles. The average Bonchev–Trinajstić information content (AvgIpc) is 2.41. The number of ketones is 1. The third-order valence-corrected chi connectivity index (χ3v) is 3.66. The van der Waals surface area contributed by atoms with Gasteiger partial charge in [0.1, 0.15) is 0 Å². The van der Waals surface area contributed by atoms with Crippen LogP contribution in [-0.4, -0.2) is 11.3 Å². The average molecular weight is 267 g/mol. The smallest absolute Gasteiger partial charge is 0.160 e. The Bertz CT molecular complexity index is 536. The summed E-state index contributed by atoms with van der Waals surface area (Å²) in [5, 5.41) is 3.57. The van der Waals surface area contributed by atoms with Crippen LogP contribution in [0.15, 0.2) is 73.0 Å². The van der Waals surface area contributed by atoms with Gasteiger partial charge in [-0.2, -0.15) is 0 Å². The van der Waals surface area contributed by atoms with E-state index in [-0.39, 0.29) is 11.3 Å².